The SMILES string of the molecule is [C-]#[N+]/C(=C\c1cc(CO)c(/C=C(\C#N)c2ccc(C)cc2)cc1OC)c1ccc(C(F)(F)F)cc1. The Morgan fingerprint density at radius 2 is 1.66 bits per heavy atom. The number of rotatable bonds is 6. The molecule has 3 aromatic rings. The van der Waals surface area contributed by atoms with Gasteiger partial charge >= 0.3 is 6.18 Å². The number of nitrogens with zero attached hydrogens (tertiary/aromatic N) is 2. The molecular formula is C28H21F3N2O2. The van der Waals surface area contributed by atoms with Crippen LogP contribution in [0, 0.1) is 24.8 Å². The van der Waals surface area contributed by atoms with E-state index in [1.807, 2.05) is 31.2 Å². The molecule has 0 saturated carbocycles. The molecule has 3 aromatic carbocycles. The zero-order valence-electron chi connectivity index (χ0n) is 19.0. The van der Waals surface area contributed by atoms with Gasteiger partial charge in [-0.05, 0) is 53.5 Å². The maximum absolute atomic E-state index is 12.9. The molecule has 0 aromatic heterocycles. The van der Waals surface area contributed by atoms with Crippen molar-refractivity contribution in [3.05, 3.63) is 111 Å². The molecule has 0 unspecified atom stereocenters. The van der Waals surface area contributed by atoms with Gasteiger partial charge < -0.3 is 9.84 Å². The Morgan fingerprint density at radius 1 is 1.03 bits per heavy atom. The first kappa shape index (κ1) is 25.3. The second kappa shape index (κ2) is 10.7. The number of aliphatic hydroxyl groups excluding tert-OH is 1. The number of nitriles is 1. The number of methoxy groups -OCH3 is 1. The summed E-state index contributed by atoms with van der Waals surface area (Å²) in [4.78, 5) is 3.46. The third-order valence-corrected chi connectivity index (χ3v) is 5.37. The summed E-state index contributed by atoms with van der Waals surface area (Å²) in [5.74, 6) is 0.378. The van der Waals surface area contributed by atoms with Gasteiger partial charge in [0.25, 0.3) is 0 Å². The highest BCUT2D eigenvalue weighted by molar-refractivity contribution is 5.91. The number of halogens is 3. The number of hydrogen-bond donors (Lipinski definition) is 1. The van der Waals surface area contributed by atoms with Gasteiger partial charge in [0.2, 0.25) is 0 Å². The summed E-state index contributed by atoms with van der Waals surface area (Å²) in [7, 11) is 1.44. The second-order valence-electron chi connectivity index (χ2n) is 7.70. The third kappa shape index (κ3) is 5.97. The lowest BCUT2D eigenvalue weighted by Crippen LogP contribution is -2.04. The van der Waals surface area contributed by atoms with Gasteiger partial charge in [-0.3, -0.25) is 0 Å². The van der Waals surface area contributed by atoms with Crippen LogP contribution < -0.4 is 4.74 Å². The minimum atomic E-state index is -4.47. The number of aliphatic hydroxyl groups is 1. The molecule has 0 aliphatic carbocycles. The highest BCUT2D eigenvalue weighted by Crippen LogP contribution is 2.33. The van der Waals surface area contributed by atoms with Crippen molar-refractivity contribution < 1.29 is 23.0 Å². The number of aryl methyl sites for hydroxylation is 1. The van der Waals surface area contributed by atoms with Crippen LogP contribution in [0.3, 0.4) is 0 Å². The molecule has 0 spiro atoms. The summed E-state index contributed by atoms with van der Waals surface area (Å²) >= 11 is 0. The quantitative estimate of drug-likeness (QED) is 0.238. The van der Waals surface area contributed by atoms with Crippen LogP contribution >= 0.6 is 0 Å². The average molecular weight is 474 g/mol. The predicted molar refractivity (Wildman–Crippen MR) is 129 cm³/mol. The molecule has 4 nitrogen and oxygen atoms in total. The van der Waals surface area contributed by atoms with Crippen molar-refractivity contribution in [1.29, 1.82) is 5.26 Å². The molecule has 0 heterocycles. The Hall–Kier alpha value is -4.33. The van der Waals surface area contributed by atoms with Gasteiger partial charge in [0.15, 0.2) is 5.70 Å². The summed E-state index contributed by atoms with van der Waals surface area (Å²) in [5.41, 5.74) is 3.34. The van der Waals surface area contributed by atoms with Crippen molar-refractivity contribution in [3.63, 3.8) is 0 Å². The lowest BCUT2D eigenvalue weighted by molar-refractivity contribution is -0.137. The number of hydrogen-bond acceptors (Lipinski definition) is 3. The van der Waals surface area contributed by atoms with Crippen molar-refractivity contribution in [3.8, 4) is 11.8 Å². The maximum atomic E-state index is 12.9. The van der Waals surface area contributed by atoms with Gasteiger partial charge in [-0.25, -0.2) is 4.85 Å². The van der Waals surface area contributed by atoms with Gasteiger partial charge in [0.1, 0.15) is 5.75 Å². The second-order valence-corrected chi connectivity index (χ2v) is 7.70. The molecule has 35 heavy (non-hydrogen) atoms. The molecule has 1 N–H and O–H groups in total. The number of benzene rings is 3. The fourth-order valence-electron chi connectivity index (χ4n) is 3.45. The monoisotopic (exact) mass is 474 g/mol. The molecule has 0 saturated heterocycles. The first-order valence-corrected chi connectivity index (χ1v) is 10.5. The van der Waals surface area contributed by atoms with Crippen LogP contribution in [0.5, 0.6) is 5.75 Å². The molecule has 0 fully saturated rings. The minimum Gasteiger partial charge on any atom is -0.496 e. The largest absolute Gasteiger partial charge is 0.496 e. The molecule has 0 aliphatic heterocycles. The van der Waals surface area contributed by atoms with E-state index < -0.39 is 11.7 Å². The van der Waals surface area contributed by atoms with E-state index in [-0.39, 0.29) is 12.3 Å². The van der Waals surface area contributed by atoms with E-state index in [0.29, 0.717) is 33.6 Å². The normalized spacial score (nSPS) is 12.1. The zero-order valence-corrected chi connectivity index (χ0v) is 19.0. The number of ether oxygens (including phenoxy) is 1. The summed E-state index contributed by atoms with van der Waals surface area (Å²) in [6, 6.07) is 17.3. The molecule has 0 atom stereocenters. The highest BCUT2D eigenvalue weighted by atomic mass is 19.4. The van der Waals surface area contributed by atoms with E-state index >= 15 is 0 Å². The summed E-state index contributed by atoms with van der Waals surface area (Å²) in [5, 5.41) is 19.6. The number of allylic oxidation sites excluding steroid dienone is 1. The van der Waals surface area contributed by atoms with E-state index in [0.717, 1.165) is 23.3 Å². The van der Waals surface area contributed by atoms with Gasteiger partial charge in [-0.15, -0.1) is 0 Å². The van der Waals surface area contributed by atoms with E-state index in [1.54, 1.807) is 18.2 Å². The van der Waals surface area contributed by atoms with Crippen LogP contribution in [-0.4, -0.2) is 12.2 Å². The smallest absolute Gasteiger partial charge is 0.416 e. The minimum absolute atomic E-state index is 0.113. The van der Waals surface area contributed by atoms with Crippen molar-refractivity contribution >= 4 is 23.4 Å². The van der Waals surface area contributed by atoms with Gasteiger partial charge in [-0.2, -0.15) is 18.4 Å². The van der Waals surface area contributed by atoms with E-state index in [1.165, 1.54) is 25.3 Å². The van der Waals surface area contributed by atoms with Crippen LogP contribution in [0.4, 0.5) is 13.2 Å². The van der Waals surface area contributed by atoms with E-state index in [4.69, 9.17) is 11.3 Å². The fourth-order valence-corrected chi connectivity index (χ4v) is 3.45. The van der Waals surface area contributed by atoms with Gasteiger partial charge in [-0.1, -0.05) is 54.1 Å². The molecule has 0 aliphatic rings. The summed E-state index contributed by atoms with van der Waals surface area (Å²) in [6.07, 6.45) is -1.33. The first-order chi connectivity index (χ1) is 16.7. The molecule has 176 valence electrons. The van der Waals surface area contributed by atoms with Crippen LogP contribution in [0.15, 0.2) is 60.7 Å². The van der Waals surface area contributed by atoms with Crippen LogP contribution in [0.1, 0.15) is 38.9 Å². The lowest BCUT2D eigenvalue weighted by Gasteiger charge is -2.12. The van der Waals surface area contributed by atoms with Crippen molar-refractivity contribution in [2.75, 3.05) is 7.11 Å². The number of alkyl halides is 3. The Bertz CT molecular complexity index is 1360. The molecule has 0 bridgehead atoms. The van der Waals surface area contributed by atoms with Crippen molar-refractivity contribution in [2.24, 2.45) is 0 Å². The van der Waals surface area contributed by atoms with Gasteiger partial charge in [0.05, 0.1) is 37.5 Å². The summed E-state index contributed by atoms with van der Waals surface area (Å²) < 4.78 is 44.1. The van der Waals surface area contributed by atoms with Crippen LogP contribution in [-0.2, 0) is 12.8 Å². The van der Waals surface area contributed by atoms with Crippen LogP contribution in [0.25, 0.3) is 28.3 Å². The topological polar surface area (TPSA) is 57.6 Å². The summed E-state index contributed by atoms with van der Waals surface area (Å²) in [6.45, 7) is 9.13. The Labute approximate surface area is 201 Å². The molecule has 0 amide bonds. The first-order valence-electron chi connectivity index (χ1n) is 10.5. The standard InChI is InChI=1S/C28H21F3N2O2/c1-18-4-6-19(7-5-18)23(16-32)12-21-15-27(35-3)22(13-24(21)17-34)14-26(33-2)20-8-10-25(11-9-20)28(29,30)31/h4-15,34H,17H2,1,3H3/b23-12+,26-14-. The molecule has 3 rings (SSSR count). The molecule has 0 radical (unpaired) electrons. The fraction of sp³-hybridized carbons (Fsp3) is 0.143. The maximum Gasteiger partial charge on any atom is 0.416 e. The Balaban J connectivity index is 2.07. The van der Waals surface area contributed by atoms with Crippen LogP contribution in [0.2, 0.25) is 0 Å². The molecular weight excluding hydrogens is 453 g/mol. The van der Waals surface area contributed by atoms with Gasteiger partial charge in [0, 0.05) is 5.56 Å². The van der Waals surface area contributed by atoms with E-state index in [9.17, 15) is 23.5 Å². The zero-order chi connectivity index (χ0) is 25.6. The van der Waals surface area contributed by atoms with Crippen molar-refractivity contribution in [2.45, 2.75) is 19.7 Å². The Morgan fingerprint density at radius 3 is 2.17 bits per heavy atom. The predicted octanol–water partition coefficient (Wildman–Crippen LogP) is 7.00. The highest BCUT2D eigenvalue weighted by Gasteiger charge is 2.30. The third-order valence-electron chi connectivity index (χ3n) is 5.37. The van der Waals surface area contributed by atoms with E-state index in [2.05, 4.69) is 10.9 Å². The Kier molecular flexibility index (Phi) is 7.76. The average Bonchev–Trinajstić information content (AvgIpc) is 2.86. The molecule has 7 heteroatoms. The van der Waals surface area contributed by atoms with Crippen molar-refractivity contribution in [1.82, 2.24) is 0 Å². The lowest BCUT2D eigenvalue weighted by atomic mass is 9.97.